The molecule has 1 rings (SSSR count). The zero-order valence-electron chi connectivity index (χ0n) is 5.90. The standard InChI is InChI=1S/C6H5BrN2O3/c7-4-2-9(3-6(11)12)8-1-5(4)10/h1-2H,3H2,(H,11,12). The summed E-state index contributed by atoms with van der Waals surface area (Å²) in [6, 6.07) is 0. The van der Waals surface area contributed by atoms with Gasteiger partial charge >= 0.3 is 5.97 Å². The molecule has 0 saturated carbocycles. The van der Waals surface area contributed by atoms with E-state index in [0.29, 0.717) is 4.47 Å². The van der Waals surface area contributed by atoms with Crippen LogP contribution in [0.1, 0.15) is 0 Å². The van der Waals surface area contributed by atoms with Gasteiger partial charge in [0.15, 0.2) is 0 Å². The largest absolute Gasteiger partial charge is 0.480 e. The number of carboxylic acid groups (broad SMARTS) is 1. The van der Waals surface area contributed by atoms with Crippen LogP contribution in [0, 0.1) is 0 Å². The highest BCUT2D eigenvalue weighted by Gasteiger charge is 2.00. The van der Waals surface area contributed by atoms with Crippen LogP contribution >= 0.6 is 15.9 Å². The highest BCUT2D eigenvalue weighted by Crippen LogP contribution is 1.98. The average Bonchev–Trinajstić information content (AvgIpc) is 1.96. The summed E-state index contributed by atoms with van der Waals surface area (Å²) in [4.78, 5) is 21.0. The van der Waals surface area contributed by atoms with Crippen molar-refractivity contribution in [2.24, 2.45) is 0 Å². The zero-order valence-corrected chi connectivity index (χ0v) is 7.48. The van der Waals surface area contributed by atoms with Crippen LogP contribution in [0.15, 0.2) is 21.7 Å². The van der Waals surface area contributed by atoms with E-state index in [1.165, 1.54) is 6.20 Å². The molecule has 0 radical (unpaired) electrons. The van der Waals surface area contributed by atoms with Crippen LogP contribution in [0.5, 0.6) is 0 Å². The van der Waals surface area contributed by atoms with Crippen molar-refractivity contribution in [3.8, 4) is 0 Å². The Morgan fingerprint density at radius 1 is 1.75 bits per heavy atom. The van der Waals surface area contributed by atoms with Gasteiger partial charge < -0.3 is 5.11 Å². The summed E-state index contributed by atoms with van der Waals surface area (Å²) in [5, 5.41) is 11.9. The van der Waals surface area contributed by atoms with Crippen molar-refractivity contribution >= 4 is 21.9 Å². The Labute approximate surface area is 75.8 Å². The van der Waals surface area contributed by atoms with Gasteiger partial charge in [-0.3, -0.25) is 14.3 Å². The Bertz CT molecular complexity index is 360. The van der Waals surface area contributed by atoms with Gasteiger partial charge in [0.2, 0.25) is 5.43 Å². The zero-order chi connectivity index (χ0) is 9.14. The lowest BCUT2D eigenvalue weighted by atomic mass is 10.5. The van der Waals surface area contributed by atoms with Gasteiger partial charge in [-0.15, -0.1) is 0 Å². The fourth-order valence-corrected chi connectivity index (χ4v) is 0.980. The molecule has 0 atom stereocenters. The first-order valence-corrected chi connectivity index (χ1v) is 3.83. The molecule has 0 aliphatic heterocycles. The number of rotatable bonds is 2. The minimum atomic E-state index is -1.00. The van der Waals surface area contributed by atoms with Crippen LogP contribution in [0.3, 0.4) is 0 Å². The van der Waals surface area contributed by atoms with E-state index in [9.17, 15) is 9.59 Å². The molecule has 0 aromatic carbocycles. The van der Waals surface area contributed by atoms with Crippen molar-refractivity contribution in [2.75, 3.05) is 0 Å². The van der Waals surface area contributed by atoms with Crippen molar-refractivity contribution in [1.29, 1.82) is 0 Å². The molecule has 1 heterocycles. The second-order valence-corrected chi connectivity index (χ2v) is 2.93. The lowest BCUT2D eigenvalue weighted by Gasteiger charge is -1.99. The molecule has 1 aromatic heterocycles. The van der Waals surface area contributed by atoms with Crippen molar-refractivity contribution < 1.29 is 9.90 Å². The second-order valence-electron chi connectivity index (χ2n) is 2.08. The molecular formula is C6H5BrN2O3. The van der Waals surface area contributed by atoms with E-state index in [-0.39, 0.29) is 12.0 Å². The third-order valence-corrected chi connectivity index (χ3v) is 1.71. The molecule has 0 bridgehead atoms. The maximum absolute atomic E-state index is 10.8. The molecule has 5 nitrogen and oxygen atoms in total. The summed E-state index contributed by atoms with van der Waals surface area (Å²) < 4.78 is 1.46. The number of hydrogen-bond donors (Lipinski definition) is 1. The molecule has 0 fully saturated rings. The molecular weight excluding hydrogens is 228 g/mol. The van der Waals surface area contributed by atoms with Crippen LogP contribution < -0.4 is 5.43 Å². The summed E-state index contributed by atoms with van der Waals surface area (Å²) in [6.45, 7) is -0.251. The molecule has 64 valence electrons. The fourth-order valence-electron chi connectivity index (χ4n) is 0.641. The predicted octanol–water partition coefficient (Wildman–Crippen LogP) is 0.0904. The minimum Gasteiger partial charge on any atom is -0.480 e. The van der Waals surface area contributed by atoms with E-state index in [1.807, 2.05) is 0 Å². The number of carbonyl (C=O) groups is 1. The second kappa shape index (κ2) is 3.48. The van der Waals surface area contributed by atoms with Gasteiger partial charge in [-0.05, 0) is 15.9 Å². The Balaban J connectivity index is 2.97. The van der Waals surface area contributed by atoms with Crippen molar-refractivity contribution in [3.63, 3.8) is 0 Å². The van der Waals surface area contributed by atoms with Gasteiger partial charge in [-0.1, -0.05) is 0 Å². The minimum absolute atomic E-state index is 0.251. The number of nitrogens with zero attached hydrogens (tertiary/aromatic N) is 2. The van der Waals surface area contributed by atoms with Gasteiger partial charge in [0.05, 0.1) is 10.7 Å². The van der Waals surface area contributed by atoms with Crippen LogP contribution in [0.25, 0.3) is 0 Å². The first kappa shape index (κ1) is 8.92. The molecule has 0 aliphatic carbocycles. The van der Waals surface area contributed by atoms with Crippen LogP contribution in [0.4, 0.5) is 0 Å². The van der Waals surface area contributed by atoms with E-state index in [4.69, 9.17) is 5.11 Å². The molecule has 12 heavy (non-hydrogen) atoms. The van der Waals surface area contributed by atoms with Gasteiger partial charge in [0.1, 0.15) is 6.54 Å². The Kier molecular flexibility index (Phi) is 2.59. The van der Waals surface area contributed by atoms with Crippen molar-refractivity contribution in [1.82, 2.24) is 9.78 Å². The van der Waals surface area contributed by atoms with E-state index < -0.39 is 5.97 Å². The number of halogens is 1. The number of aliphatic carboxylic acids is 1. The highest BCUT2D eigenvalue weighted by molar-refractivity contribution is 9.10. The summed E-state index contributed by atoms with van der Waals surface area (Å²) >= 11 is 2.97. The summed E-state index contributed by atoms with van der Waals surface area (Å²) in [5.74, 6) is -1.00. The molecule has 0 saturated heterocycles. The highest BCUT2D eigenvalue weighted by atomic mass is 79.9. The van der Waals surface area contributed by atoms with E-state index >= 15 is 0 Å². The Morgan fingerprint density at radius 3 is 2.92 bits per heavy atom. The van der Waals surface area contributed by atoms with Crippen LogP contribution in [0.2, 0.25) is 0 Å². The first-order valence-electron chi connectivity index (χ1n) is 3.03. The summed E-state index contributed by atoms with van der Waals surface area (Å²) in [6.07, 6.45) is 2.39. The molecule has 0 spiro atoms. The van der Waals surface area contributed by atoms with Crippen LogP contribution in [-0.4, -0.2) is 20.9 Å². The molecule has 0 unspecified atom stereocenters. The smallest absolute Gasteiger partial charge is 0.325 e. The summed E-state index contributed by atoms with van der Waals surface area (Å²) in [7, 11) is 0. The predicted molar refractivity (Wildman–Crippen MR) is 43.8 cm³/mol. The third kappa shape index (κ3) is 2.16. The van der Waals surface area contributed by atoms with Gasteiger partial charge in [0.25, 0.3) is 0 Å². The van der Waals surface area contributed by atoms with Crippen molar-refractivity contribution in [3.05, 3.63) is 27.1 Å². The molecule has 0 amide bonds. The number of aromatic nitrogens is 2. The molecule has 0 aliphatic rings. The van der Waals surface area contributed by atoms with E-state index in [2.05, 4.69) is 21.0 Å². The number of carboxylic acids is 1. The topological polar surface area (TPSA) is 72.2 Å². The lowest BCUT2D eigenvalue weighted by molar-refractivity contribution is -0.137. The quantitative estimate of drug-likeness (QED) is 0.785. The molecule has 6 heteroatoms. The lowest BCUT2D eigenvalue weighted by Crippen LogP contribution is -2.15. The molecule has 1 N–H and O–H groups in total. The fraction of sp³-hybridized carbons (Fsp3) is 0.167. The Morgan fingerprint density at radius 2 is 2.42 bits per heavy atom. The van der Waals surface area contributed by atoms with Gasteiger partial charge in [0, 0.05) is 6.20 Å². The van der Waals surface area contributed by atoms with E-state index in [1.54, 1.807) is 0 Å². The van der Waals surface area contributed by atoms with Gasteiger partial charge in [-0.2, -0.15) is 5.10 Å². The maximum Gasteiger partial charge on any atom is 0.325 e. The monoisotopic (exact) mass is 232 g/mol. The Hall–Kier alpha value is -1.17. The number of hydrogen-bond acceptors (Lipinski definition) is 3. The van der Waals surface area contributed by atoms with Gasteiger partial charge in [-0.25, -0.2) is 0 Å². The van der Waals surface area contributed by atoms with E-state index in [0.717, 1.165) is 10.9 Å². The average molecular weight is 233 g/mol. The summed E-state index contributed by atoms with van der Waals surface area (Å²) in [5.41, 5.74) is -0.267. The SMILES string of the molecule is O=C(O)Cn1cc(Br)c(=O)cn1. The normalized spacial score (nSPS) is 9.75. The maximum atomic E-state index is 10.8. The van der Waals surface area contributed by atoms with Crippen molar-refractivity contribution in [2.45, 2.75) is 6.54 Å². The van der Waals surface area contributed by atoms with Crippen LogP contribution in [-0.2, 0) is 11.3 Å². The first-order chi connectivity index (χ1) is 5.59. The molecule has 1 aromatic rings. The third-order valence-electron chi connectivity index (χ3n) is 1.12.